The normalized spacial score (nSPS) is 30.6. The van der Waals surface area contributed by atoms with Crippen LogP contribution in [0.5, 0.6) is 0 Å². The van der Waals surface area contributed by atoms with E-state index in [0.29, 0.717) is 6.42 Å². The molecule has 0 aliphatic carbocycles. The van der Waals surface area contributed by atoms with Crippen LogP contribution in [0, 0.1) is 11.8 Å². The maximum Gasteiger partial charge on any atom is 0.251 e. The molecule has 0 aromatic carbocycles. The van der Waals surface area contributed by atoms with Crippen LogP contribution < -0.4 is 5.32 Å². The Labute approximate surface area is 127 Å². The first kappa shape index (κ1) is 18.1. The molecule has 21 heavy (non-hydrogen) atoms. The Bertz CT molecular complexity index is 367. The van der Waals surface area contributed by atoms with Crippen LogP contribution in [0.25, 0.3) is 0 Å². The second kappa shape index (κ2) is 7.92. The molecule has 1 heterocycles. The van der Waals surface area contributed by atoms with Crippen LogP contribution in [0.2, 0.25) is 0 Å². The van der Waals surface area contributed by atoms with E-state index < -0.39 is 18.1 Å². The van der Waals surface area contributed by atoms with Crippen LogP contribution in [0.1, 0.15) is 40.5 Å². The third-order valence-corrected chi connectivity index (χ3v) is 4.66. The van der Waals surface area contributed by atoms with Crippen molar-refractivity contribution in [3.63, 3.8) is 0 Å². The Morgan fingerprint density at radius 3 is 2.62 bits per heavy atom. The number of aliphatic hydroxyl groups excluding tert-OH is 2. The summed E-state index contributed by atoms with van der Waals surface area (Å²) in [7, 11) is 0. The maximum absolute atomic E-state index is 12.1. The lowest BCUT2D eigenvalue weighted by atomic mass is 9.88. The number of amides is 1. The number of nitrogens with one attached hydrogen (secondary N) is 1. The van der Waals surface area contributed by atoms with Gasteiger partial charge in [-0.25, -0.2) is 0 Å². The van der Waals surface area contributed by atoms with Crippen molar-refractivity contribution in [3.05, 3.63) is 12.2 Å². The molecule has 1 saturated heterocycles. The average molecular weight is 299 g/mol. The summed E-state index contributed by atoms with van der Waals surface area (Å²) in [5.41, 5.74) is 1.00. The van der Waals surface area contributed by atoms with Gasteiger partial charge in [0, 0.05) is 24.5 Å². The summed E-state index contributed by atoms with van der Waals surface area (Å²) in [5, 5.41) is 22.2. The van der Waals surface area contributed by atoms with E-state index in [1.807, 2.05) is 27.7 Å². The quantitative estimate of drug-likeness (QED) is 0.645. The van der Waals surface area contributed by atoms with Gasteiger partial charge in [-0.2, -0.15) is 0 Å². The van der Waals surface area contributed by atoms with Crippen LogP contribution in [0.3, 0.4) is 0 Å². The predicted molar refractivity (Wildman–Crippen MR) is 81.7 cm³/mol. The smallest absolute Gasteiger partial charge is 0.251 e. The molecule has 1 aliphatic rings. The number of hydrogen-bond acceptors (Lipinski definition) is 4. The van der Waals surface area contributed by atoms with E-state index in [1.165, 1.54) is 0 Å². The van der Waals surface area contributed by atoms with E-state index in [1.54, 1.807) is 0 Å². The van der Waals surface area contributed by atoms with Crippen molar-refractivity contribution in [3.8, 4) is 0 Å². The summed E-state index contributed by atoms with van der Waals surface area (Å²) in [6.07, 6.45) is -0.567. The monoisotopic (exact) mass is 299 g/mol. The topological polar surface area (TPSA) is 78.8 Å². The largest absolute Gasteiger partial charge is 0.396 e. The highest BCUT2D eigenvalue weighted by Gasteiger charge is 2.36. The standard InChI is InChI=1S/C16H29NO4/c1-6-13(8-18)11(4)17-16(20)15(19)14-7-9(2)10(3)12(5)21-14/h10-15,18-19H,2,6-8H2,1,3-5H3,(H,17,20). The van der Waals surface area contributed by atoms with Crippen LogP contribution in [0.4, 0.5) is 0 Å². The number of aliphatic hydroxyl groups is 2. The number of rotatable bonds is 6. The highest BCUT2D eigenvalue weighted by molar-refractivity contribution is 5.81. The van der Waals surface area contributed by atoms with Crippen molar-refractivity contribution >= 4 is 5.91 Å². The molecular formula is C16H29NO4. The van der Waals surface area contributed by atoms with Crippen LogP contribution in [0.15, 0.2) is 12.2 Å². The molecule has 0 bridgehead atoms. The molecule has 1 rings (SSSR count). The summed E-state index contributed by atoms with van der Waals surface area (Å²) in [4.78, 5) is 12.1. The first-order valence-corrected chi connectivity index (χ1v) is 7.74. The van der Waals surface area contributed by atoms with Gasteiger partial charge in [0.2, 0.25) is 0 Å². The summed E-state index contributed by atoms with van der Waals surface area (Å²) < 4.78 is 5.73. The van der Waals surface area contributed by atoms with Crippen LogP contribution >= 0.6 is 0 Å². The van der Waals surface area contributed by atoms with Gasteiger partial charge in [-0.3, -0.25) is 4.79 Å². The molecule has 1 amide bonds. The minimum Gasteiger partial charge on any atom is -0.396 e. The molecule has 5 nitrogen and oxygen atoms in total. The van der Waals surface area contributed by atoms with E-state index in [9.17, 15) is 15.0 Å². The SMILES string of the molecule is C=C1CC(C(O)C(=O)NC(C)C(CC)CO)OC(C)C1C. The van der Waals surface area contributed by atoms with Crippen molar-refractivity contribution in [2.45, 2.75) is 64.9 Å². The minimum absolute atomic E-state index is 0.0117. The van der Waals surface area contributed by atoms with Gasteiger partial charge >= 0.3 is 0 Å². The number of carbonyl (C=O) groups excluding carboxylic acids is 1. The number of carbonyl (C=O) groups is 1. The van der Waals surface area contributed by atoms with Crippen molar-refractivity contribution in [1.82, 2.24) is 5.32 Å². The highest BCUT2D eigenvalue weighted by Crippen LogP contribution is 2.30. The molecule has 122 valence electrons. The Morgan fingerprint density at radius 1 is 1.52 bits per heavy atom. The molecule has 0 aromatic rings. The summed E-state index contributed by atoms with van der Waals surface area (Å²) in [5.74, 6) is -0.231. The zero-order chi connectivity index (χ0) is 16.2. The minimum atomic E-state index is -1.21. The van der Waals surface area contributed by atoms with Gasteiger partial charge in [-0.05, 0) is 26.7 Å². The fraction of sp³-hybridized carbons (Fsp3) is 0.812. The number of hydrogen-bond donors (Lipinski definition) is 3. The van der Waals surface area contributed by atoms with Crippen molar-refractivity contribution < 1.29 is 19.7 Å². The molecule has 0 aromatic heterocycles. The number of ether oxygens (including phenoxy) is 1. The Morgan fingerprint density at radius 2 is 2.14 bits per heavy atom. The van der Waals surface area contributed by atoms with Gasteiger partial charge in [0.1, 0.15) is 0 Å². The highest BCUT2D eigenvalue weighted by atomic mass is 16.5. The Balaban J connectivity index is 2.60. The summed E-state index contributed by atoms with van der Waals surface area (Å²) in [6.45, 7) is 11.8. The maximum atomic E-state index is 12.1. The molecule has 6 atom stereocenters. The van der Waals surface area contributed by atoms with E-state index in [2.05, 4.69) is 11.9 Å². The Hall–Kier alpha value is -0.910. The van der Waals surface area contributed by atoms with Gasteiger partial charge < -0.3 is 20.3 Å². The van der Waals surface area contributed by atoms with Crippen molar-refractivity contribution in [2.75, 3.05) is 6.61 Å². The van der Waals surface area contributed by atoms with Crippen molar-refractivity contribution in [2.24, 2.45) is 11.8 Å². The molecule has 1 fully saturated rings. The first-order valence-electron chi connectivity index (χ1n) is 7.74. The van der Waals surface area contributed by atoms with E-state index in [-0.39, 0.29) is 30.6 Å². The molecule has 5 heteroatoms. The van der Waals surface area contributed by atoms with Crippen LogP contribution in [-0.2, 0) is 9.53 Å². The zero-order valence-electron chi connectivity index (χ0n) is 13.5. The van der Waals surface area contributed by atoms with Gasteiger partial charge in [0.05, 0.1) is 12.2 Å². The Kier molecular flexibility index (Phi) is 6.84. The molecule has 0 saturated carbocycles. The van der Waals surface area contributed by atoms with Gasteiger partial charge in [0.25, 0.3) is 5.91 Å². The van der Waals surface area contributed by atoms with Crippen molar-refractivity contribution in [1.29, 1.82) is 0 Å². The summed E-state index contributed by atoms with van der Waals surface area (Å²) >= 11 is 0. The van der Waals surface area contributed by atoms with E-state index in [4.69, 9.17) is 4.74 Å². The third kappa shape index (κ3) is 4.53. The second-order valence-corrected chi connectivity index (χ2v) is 6.12. The third-order valence-electron chi connectivity index (χ3n) is 4.66. The molecule has 6 unspecified atom stereocenters. The lowest BCUT2D eigenvalue weighted by Crippen LogP contribution is -2.51. The van der Waals surface area contributed by atoms with Gasteiger partial charge in [-0.15, -0.1) is 0 Å². The molecule has 3 N–H and O–H groups in total. The molecule has 0 spiro atoms. The predicted octanol–water partition coefficient (Wildman–Crippen LogP) is 1.24. The summed E-state index contributed by atoms with van der Waals surface area (Å²) in [6, 6.07) is -0.190. The molecular weight excluding hydrogens is 270 g/mol. The lowest BCUT2D eigenvalue weighted by molar-refractivity contribution is -0.147. The average Bonchev–Trinajstić information content (AvgIpc) is 2.44. The van der Waals surface area contributed by atoms with E-state index >= 15 is 0 Å². The molecule has 0 radical (unpaired) electrons. The zero-order valence-corrected chi connectivity index (χ0v) is 13.5. The molecule has 1 aliphatic heterocycles. The lowest BCUT2D eigenvalue weighted by Gasteiger charge is -2.36. The van der Waals surface area contributed by atoms with Crippen LogP contribution in [-0.4, -0.2) is 47.1 Å². The second-order valence-electron chi connectivity index (χ2n) is 6.12. The first-order chi connectivity index (χ1) is 9.81. The fourth-order valence-corrected chi connectivity index (χ4v) is 2.64. The fourth-order valence-electron chi connectivity index (χ4n) is 2.64. The van der Waals surface area contributed by atoms with Gasteiger partial charge in [0.15, 0.2) is 6.10 Å². The van der Waals surface area contributed by atoms with Gasteiger partial charge in [-0.1, -0.05) is 26.0 Å². The van der Waals surface area contributed by atoms with E-state index in [0.717, 1.165) is 12.0 Å².